The largest absolute Gasteiger partial charge is 0.375 e. The van der Waals surface area contributed by atoms with E-state index in [2.05, 4.69) is 15.2 Å². The van der Waals surface area contributed by atoms with Crippen molar-refractivity contribution >= 4 is 17.6 Å². The first kappa shape index (κ1) is 18.0. The predicted molar refractivity (Wildman–Crippen MR) is 99.3 cm³/mol. The highest BCUT2D eigenvalue weighted by Crippen LogP contribution is 2.45. The Bertz CT molecular complexity index is 660. The van der Waals surface area contributed by atoms with Gasteiger partial charge in [-0.1, -0.05) is 17.7 Å². The number of aliphatic imine (C=N–C) groups is 1. The molecule has 1 saturated carbocycles. The molecule has 0 aromatic heterocycles. The Balaban J connectivity index is 1.38. The lowest BCUT2D eigenvalue weighted by Crippen LogP contribution is -2.53. The summed E-state index contributed by atoms with van der Waals surface area (Å²) in [6, 6.07) is 5.02. The summed E-state index contributed by atoms with van der Waals surface area (Å²) >= 11 is 6.20. The van der Waals surface area contributed by atoms with Crippen LogP contribution in [0, 0.1) is 5.82 Å². The second-order valence-corrected chi connectivity index (χ2v) is 7.59. The molecule has 2 saturated heterocycles. The first-order valence-corrected chi connectivity index (χ1v) is 9.70. The molecule has 1 aromatic rings. The topological polar surface area (TPSA) is 46.1 Å². The van der Waals surface area contributed by atoms with Crippen molar-refractivity contribution in [3.8, 4) is 0 Å². The summed E-state index contributed by atoms with van der Waals surface area (Å²) in [4.78, 5) is 6.65. The van der Waals surface area contributed by atoms with Crippen LogP contribution in [0.25, 0.3) is 0 Å². The Hall–Kier alpha value is -1.37. The minimum absolute atomic E-state index is 0.0841. The molecule has 1 N–H and O–H groups in total. The summed E-state index contributed by atoms with van der Waals surface area (Å²) in [7, 11) is 1.78. The van der Waals surface area contributed by atoms with Crippen LogP contribution in [0.15, 0.2) is 23.2 Å². The Morgan fingerprint density at radius 2 is 2.15 bits per heavy atom. The number of benzene rings is 1. The average Bonchev–Trinajstić information content (AvgIpc) is 3.17. The van der Waals surface area contributed by atoms with E-state index in [0.717, 1.165) is 44.9 Å². The number of guanidine groups is 1. The summed E-state index contributed by atoms with van der Waals surface area (Å²) in [5.74, 6) is 0.707. The number of nitrogens with zero attached hydrogens (tertiary/aromatic N) is 2. The third-order valence-electron chi connectivity index (χ3n) is 5.46. The van der Waals surface area contributed by atoms with E-state index in [-0.39, 0.29) is 30.0 Å². The lowest BCUT2D eigenvalue weighted by Gasteiger charge is -2.37. The molecule has 2 heterocycles. The maximum absolute atomic E-state index is 14.1. The molecule has 0 bridgehead atoms. The van der Waals surface area contributed by atoms with E-state index in [4.69, 9.17) is 21.1 Å². The van der Waals surface area contributed by atoms with Gasteiger partial charge in [0.15, 0.2) is 5.96 Å². The number of nitrogens with one attached hydrogen (secondary N) is 1. The summed E-state index contributed by atoms with van der Waals surface area (Å²) in [6.07, 6.45) is 3.29. The summed E-state index contributed by atoms with van der Waals surface area (Å²) < 4.78 is 25.8. The Morgan fingerprint density at radius 1 is 1.31 bits per heavy atom. The molecular weight excluding hydrogens is 357 g/mol. The van der Waals surface area contributed by atoms with E-state index in [1.807, 2.05) is 0 Å². The van der Waals surface area contributed by atoms with E-state index in [9.17, 15) is 4.39 Å². The van der Waals surface area contributed by atoms with Crippen LogP contribution in [0.1, 0.15) is 30.7 Å². The van der Waals surface area contributed by atoms with Crippen LogP contribution in [0.5, 0.6) is 0 Å². The van der Waals surface area contributed by atoms with Crippen molar-refractivity contribution in [2.45, 2.75) is 43.4 Å². The molecule has 3 fully saturated rings. The molecule has 4 unspecified atom stereocenters. The highest BCUT2D eigenvalue weighted by molar-refractivity contribution is 6.31. The Labute approximate surface area is 158 Å². The van der Waals surface area contributed by atoms with Crippen molar-refractivity contribution in [3.63, 3.8) is 0 Å². The number of hydrogen-bond donors (Lipinski definition) is 1. The number of morpholine rings is 1. The van der Waals surface area contributed by atoms with Crippen molar-refractivity contribution in [3.05, 3.63) is 34.6 Å². The van der Waals surface area contributed by atoms with Crippen LogP contribution in [0.4, 0.5) is 4.39 Å². The molecule has 2 aliphatic heterocycles. The molecular formula is C19H25ClFN3O2. The van der Waals surface area contributed by atoms with Crippen molar-refractivity contribution in [1.82, 2.24) is 10.2 Å². The smallest absolute Gasteiger partial charge is 0.194 e. The minimum atomic E-state index is -0.230. The second-order valence-electron chi connectivity index (χ2n) is 7.18. The first-order valence-electron chi connectivity index (χ1n) is 9.32. The zero-order chi connectivity index (χ0) is 18.1. The Morgan fingerprint density at radius 3 is 2.88 bits per heavy atom. The van der Waals surface area contributed by atoms with Crippen LogP contribution in [-0.4, -0.2) is 62.5 Å². The highest BCUT2D eigenvalue weighted by Gasteiger charge is 2.43. The van der Waals surface area contributed by atoms with Gasteiger partial charge in [-0.25, -0.2) is 4.39 Å². The van der Waals surface area contributed by atoms with Crippen LogP contribution in [0.2, 0.25) is 5.02 Å². The monoisotopic (exact) mass is 381 g/mol. The number of halogens is 2. The molecule has 26 heavy (non-hydrogen) atoms. The molecule has 4 rings (SSSR count). The fraction of sp³-hybridized carbons (Fsp3) is 0.632. The van der Waals surface area contributed by atoms with Crippen molar-refractivity contribution < 1.29 is 13.9 Å². The van der Waals surface area contributed by atoms with E-state index in [0.29, 0.717) is 17.2 Å². The van der Waals surface area contributed by atoms with Crippen molar-refractivity contribution in [1.29, 1.82) is 0 Å². The number of rotatable bonds is 3. The van der Waals surface area contributed by atoms with Crippen LogP contribution in [0.3, 0.4) is 0 Å². The van der Waals surface area contributed by atoms with Gasteiger partial charge >= 0.3 is 0 Å². The van der Waals surface area contributed by atoms with Gasteiger partial charge in [-0.15, -0.1) is 0 Å². The van der Waals surface area contributed by atoms with Crippen molar-refractivity contribution in [2.24, 2.45) is 4.99 Å². The van der Waals surface area contributed by atoms with Gasteiger partial charge in [0.2, 0.25) is 0 Å². The summed E-state index contributed by atoms with van der Waals surface area (Å²) in [6.45, 7) is 3.05. The molecule has 3 aliphatic rings. The normalized spacial score (nSPS) is 32.0. The zero-order valence-corrected chi connectivity index (χ0v) is 15.7. The van der Waals surface area contributed by atoms with Gasteiger partial charge < -0.3 is 19.7 Å². The van der Waals surface area contributed by atoms with Gasteiger partial charge in [-0.05, 0) is 31.4 Å². The number of hydrogen-bond acceptors (Lipinski definition) is 3. The molecule has 5 nitrogen and oxygen atoms in total. The summed E-state index contributed by atoms with van der Waals surface area (Å²) in [5.41, 5.74) is 0.612. The molecule has 4 atom stereocenters. The Kier molecular flexibility index (Phi) is 5.34. The van der Waals surface area contributed by atoms with Gasteiger partial charge in [0, 0.05) is 49.3 Å². The second kappa shape index (κ2) is 7.71. The van der Waals surface area contributed by atoms with Gasteiger partial charge in [0.25, 0.3) is 0 Å². The maximum Gasteiger partial charge on any atom is 0.194 e. The van der Waals surface area contributed by atoms with Gasteiger partial charge in [0.05, 0.1) is 12.7 Å². The molecule has 0 radical (unpaired) electrons. The molecule has 0 amide bonds. The van der Waals surface area contributed by atoms with E-state index in [1.54, 1.807) is 19.2 Å². The molecule has 7 heteroatoms. The fourth-order valence-electron chi connectivity index (χ4n) is 3.99. The molecule has 1 aromatic carbocycles. The lowest BCUT2D eigenvalue weighted by atomic mass is 10.1. The lowest BCUT2D eigenvalue weighted by molar-refractivity contribution is -0.0817. The maximum atomic E-state index is 14.1. The highest BCUT2D eigenvalue weighted by atomic mass is 35.5. The summed E-state index contributed by atoms with van der Waals surface area (Å²) in [5, 5.41) is 3.98. The number of ether oxygens (including phenoxy) is 2. The van der Waals surface area contributed by atoms with Gasteiger partial charge in [-0.3, -0.25) is 4.99 Å². The molecule has 1 aliphatic carbocycles. The van der Waals surface area contributed by atoms with Gasteiger partial charge in [-0.2, -0.15) is 0 Å². The quantitative estimate of drug-likeness (QED) is 0.646. The molecule has 142 valence electrons. The fourth-order valence-corrected chi connectivity index (χ4v) is 4.29. The first-order chi connectivity index (χ1) is 12.7. The predicted octanol–water partition coefficient (Wildman–Crippen LogP) is 2.79. The van der Waals surface area contributed by atoms with Crippen LogP contribution >= 0.6 is 11.6 Å². The van der Waals surface area contributed by atoms with Crippen molar-refractivity contribution in [2.75, 3.05) is 33.4 Å². The van der Waals surface area contributed by atoms with Gasteiger partial charge in [0.1, 0.15) is 11.9 Å². The standard InChI is InChI=1S/C19H25ClFN3O2/c1-22-19(24-7-9-26-17(11-24)16-6-3-8-25-16)23-15-10-12(15)18-13(20)4-2-5-14(18)21/h2,4-5,12,15-17H,3,6-11H2,1H3,(H,22,23). The van der Waals surface area contributed by atoms with Crippen LogP contribution < -0.4 is 5.32 Å². The molecule has 0 spiro atoms. The SMILES string of the molecule is CN=C(NC1CC1c1c(F)cccc1Cl)N1CCOC(C2CCCO2)C1. The minimum Gasteiger partial charge on any atom is -0.375 e. The third-order valence-corrected chi connectivity index (χ3v) is 5.79. The average molecular weight is 382 g/mol. The zero-order valence-electron chi connectivity index (χ0n) is 15.0. The third kappa shape index (κ3) is 3.68. The van der Waals surface area contributed by atoms with Crippen LogP contribution in [-0.2, 0) is 9.47 Å². The van der Waals surface area contributed by atoms with E-state index >= 15 is 0 Å². The van der Waals surface area contributed by atoms with E-state index in [1.165, 1.54) is 6.07 Å². The van der Waals surface area contributed by atoms with E-state index < -0.39 is 0 Å².